The van der Waals surface area contributed by atoms with Crippen LogP contribution in [0.15, 0.2) is 47.7 Å². The second-order valence-electron chi connectivity index (χ2n) is 6.22. The Morgan fingerprint density at radius 1 is 1.15 bits per heavy atom. The number of aromatic nitrogens is 4. The zero-order valence-corrected chi connectivity index (χ0v) is 14.6. The third-order valence-electron chi connectivity index (χ3n) is 4.53. The molecule has 0 bridgehead atoms. The Morgan fingerprint density at radius 3 is 2.73 bits per heavy atom. The molecule has 2 aromatic heterocycles. The molecule has 4 rings (SSSR count). The number of nitrogens with zero attached hydrogens (tertiary/aromatic N) is 4. The lowest BCUT2D eigenvalue weighted by Crippen LogP contribution is -2.28. The van der Waals surface area contributed by atoms with Gasteiger partial charge in [-0.3, -0.25) is 4.79 Å². The maximum Gasteiger partial charge on any atom is 0.278 e. The molecule has 0 aliphatic heterocycles. The average molecular weight is 346 g/mol. The van der Waals surface area contributed by atoms with Crippen molar-refractivity contribution < 1.29 is 4.74 Å². The van der Waals surface area contributed by atoms with Crippen molar-refractivity contribution in [1.82, 2.24) is 19.7 Å². The monoisotopic (exact) mass is 346 g/mol. The van der Waals surface area contributed by atoms with Crippen LogP contribution in [0.3, 0.4) is 0 Å². The van der Waals surface area contributed by atoms with Gasteiger partial charge in [0.25, 0.3) is 11.5 Å². The fourth-order valence-corrected chi connectivity index (χ4v) is 3.23. The van der Waals surface area contributed by atoms with Crippen molar-refractivity contribution in [3.05, 3.63) is 75.5 Å². The minimum atomic E-state index is -0.166. The van der Waals surface area contributed by atoms with Crippen molar-refractivity contribution in [3.8, 4) is 11.7 Å². The van der Waals surface area contributed by atoms with Crippen LogP contribution < -0.4 is 10.3 Å². The van der Waals surface area contributed by atoms with E-state index in [0.717, 1.165) is 34.4 Å². The fourth-order valence-electron chi connectivity index (χ4n) is 3.23. The van der Waals surface area contributed by atoms with Crippen molar-refractivity contribution in [2.24, 2.45) is 0 Å². The lowest BCUT2D eigenvalue weighted by atomic mass is 9.89. The summed E-state index contributed by atoms with van der Waals surface area (Å²) in [4.78, 5) is 21.0. The summed E-state index contributed by atoms with van der Waals surface area (Å²) in [5.74, 6) is 1.12. The van der Waals surface area contributed by atoms with E-state index in [2.05, 4.69) is 28.1 Å². The fraction of sp³-hybridized carbons (Fsp3) is 0.200. The molecule has 1 aliphatic carbocycles. The van der Waals surface area contributed by atoms with Gasteiger partial charge in [-0.05, 0) is 49.6 Å². The number of hydrogen-bond acceptors (Lipinski definition) is 5. The van der Waals surface area contributed by atoms with Gasteiger partial charge >= 0.3 is 0 Å². The summed E-state index contributed by atoms with van der Waals surface area (Å²) in [7, 11) is 1.67. The summed E-state index contributed by atoms with van der Waals surface area (Å²) in [6.07, 6.45) is 8.33. The standard InChI is InChI=1S/C20H18N4O2/c1-13-4-7-18(26-2)17(10-13)14-5-6-16-15(11-14)12-23-24(19(16)25)20-21-8-3-9-22-20/h3-4,7-12H,5-6H2,1-2H3. The van der Waals surface area contributed by atoms with Crippen molar-refractivity contribution in [3.63, 3.8) is 0 Å². The summed E-state index contributed by atoms with van der Waals surface area (Å²) < 4.78 is 6.76. The van der Waals surface area contributed by atoms with Crippen LogP contribution >= 0.6 is 0 Å². The molecule has 2 heterocycles. The van der Waals surface area contributed by atoms with E-state index in [9.17, 15) is 4.79 Å². The predicted molar refractivity (Wildman–Crippen MR) is 99.3 cm³/mol. The Kier molecular flexibility index (Phi) is 4.08. The summed E-state index contributed by atoms with van der Waals surface area (Å²) >= 11 is 0. The first-order chi connectivity index (χ1) is 12.7. The first kappa shape index (κ1) is 16.2. The molecular formula is C20H18N4O2. The highest BCUT2D eigenvalue weighted by Gasteiger charge is 2.20. The van der Waals surface area contributed by atoms with Crippen LogP contribution in [0.4, 0.5) is 0 Å². The summed E-state index contributed by atoms with van der Waals surface area (Å²) in [5.41, 5.74) is 4.79. The maximum atomic E-state index is 12.8. The molecule has 6 heteroatoms. The molecule has 0 unspecified atom stereocenters. The van der Waals surface area contributed by atoms with Crippen LogP contribution in [-0.4, -0.2) is 26.9 Å². The van der Waals surface area contributed by atoms with Gasteiger partial charge in [-0.25, -0.2) is 9.97 Å². The van der Waals surface area contributed by atoms with Crippen LogP contribution in [0, 0.1) is 6.92 Å². The molecule has 6 nitrogen and oxygen atoms in total. The molecular weight excluding hydrogens is 328 g/mol. The van der Waals surface area contributed by atoms with E-state index in [1.807, 2.05) is 18.2 Å². The zero-order valence-electron chi connectivity index (χ0n) is 14.6. The Morgan fingerprint density at radius 2 is 1.96 bits per heavy atom. The molecule has 1 aliphatic rings. The topological polar surface area (TPSA) is 69.9 Å². The second-order valence-corrected chi connectivity index (χ2v) is 6.22. The highest BCUT2D eigenvalue weighted by Crippen LogP contribution is 2.34. The van der Waals surface area contributed by atoms with Crippen LogP contribution in [0.1, 0.15) is 28.7 Å². The highest BCUT2D eigenvalue weighted by atomic mass is 16.5. The zero-order chi connectivity index (χ0) is 18.1. The molecule has 0 saturated carbocycles. The molecule has 3 aromatic rings. The molecule has 0 atom stereocenters. The van der Waals surface area contributed by atoms with Gasteiger partial charge in [0.15, 0.2) is 0 Å². The summed E-state index contributed by atoms with van der Waals surface area (Å²) in [6.45, 7) is 2.06. The van der Waals surface area contributed by atoms with Gasteiger partial charge in [0.1, 0.15) is 5.75 Å². The molecule has 0 fully saturated rings. The van der Waals surface area contributed by atoms with E-state index < -0.39 is 0 Å². The van der Waals surface area contributed by atoms with Gasteiger partial charge in [0.05, 0.1) is 13.3 Å². The van der Waals surface area contributed by atoms with E-state index in [1.54, 1.807) is 31.8 Å². The highest BCUT2D eigenvalue weighted by molar-refractivity contribution is 5.86. The molecule has 0 saturated heterocycles. The number of aryl methyl sites for hydroxylation is 1. The van der Waals surface area contributed by atoms with Gasteiger partial charge in [-0.1, -0.05) is 11.6 Å². The number of benzene rings is 1. The Labute approximate surface area is 150 Å². The molecule has 0 amide bonds. The molecule has 130 valence electrons. The van der Waals surface area contributed by atoms with Crippen LogP contribution in [0.2, 0.25) is 0 Å². The quantitative estimate of drug-likeness (QED) is 0.729. The van der Waals surface area contributed by atoms with Gasteiger partial charge in [-0.2, -0.15) is 9.78 Å². The lowest BCUT2D eigenvalue weighted by molar-refractivity contribution is 0.413. The number of fused-ring (bicyclic) bond motifs is 1. The Balaban J connectivity index is 1.80. The van der Waals surface area contributed by atoms with Gasteiger partial charge in [0, 0.05) is 29.1 Å². The smallest absolute Gasteiger partial charge is 0.278 e. The third kappa shape index (κ3) is 2.79. The van der Waals surface area contributed by atoms with Crippen molar-refractivity contribution in [2.75, 3.05) is 7.11 Å². The largest absolute Gasteiger partial charge is 0.496 e. The van der Waals surface area contributed by atoms with Crippen molar-refractivity contribution >= 4 is 11.6 Å². The lowest BCUT2D eigenvalue weighted by Gasteiger charge is -2.19. The average Bonchev–Trinajstić information content (AvgIpc) is 2.68. The number of allylic oxidation sites excluding steroid dienone is 1. The summed E-state index contributed by atoms with van der Waals surface area (Å²) in [5, 5.41) is 4.25. The Bertz CT molecular complexity index is 1060. The van der Waals surface area contributed by atoms with Crippen LogP contribution in [0.5, 0.6) is 5.75 Å². The van der Waals surface area contributed by atoms with E-state index >= 15 is 0 Å². The van der Waals surface area contributed by atoms with E-state index in [1.165, 1.54) is 10.2 Å². The number of ether oxygens (including phenoxy) is 1. The summed E-state index contributed by atoms with van der Waals surface area (Å²) in [6, 6.07) is 7.82. The SMILES string of the molecule is COc1ccc(C)cc1C1=Cc2cnn(-c3ncccn3)c(=O)c2CC1. The molecule has 0 radical (unpaired) electrons. The first-order valence-corrected chi connectivity index (χ1v) is 8.41. The van der Waals surface area contributed by atoms with Gasteiger partial charge in [-0.15, -0.1) is 0 Å². The minimum absolute atomic E-state index is 0.166. The van der Waals surface area contributed by atoms with Crippen molar-refractivity contribution in [2.45, 2.75) is 19.8 Å². The Hall–Kier alpha value is -3.28. The second kappa shape index (κ2) is 6.55. The predicted octanol–water partition coefficient (Wildman–Crippen LogP) is 2.83. The van der Waals surface area contributed by atoms with Gasteiger partial charge < -0.3 is 4.74 Å². The molecule has 1 aromatic carbocycles. The van der Waals surface area contributed by atoms with E-state index in [4.69, 9.17) is 4.74 Å². The van der Waals surface area contributed by atoms with E-state index in [0.29, 0.717) is 6.42 Å². The number of rotatable bonds is 3. The normalized spacial score (nSPS) is 13.1. The van der Waals surface area contributed by atoms with Crippen LogP contribution in [-0.2, 0) is 6.42 Å². The third-order valence-corrected chi connectivity index (χ3v) is 4.53. The van der Waals surface area contributed by atoms with E-state index in [-0.39, 0.29) is 11.5 Å². The number of hydrogen-bond donors (Lipinski definition) is 0. The maximum absolute atomic E-state index is 12.8. The minimum Gasteiger partial charge on any atom is -0.496 e. The van der Waals surface area contributed by atoms with Gasteiger partial charge in [0.2, 0.25) is 0 Å². The molecule has 0 spiro atoms. The molecule has 0 N–H and O–H groups in total. The molecule has 26 heavy (non-hydrogen) atoms. The van der Waals surface area contributed by atoms with Crippen molar-refractivity contribution in [1.29, 1.82) is 0 Å². The van der Waals surface area contributed by atoms with Crippen LogP contribution in [0.25, 0.3) is 17.6 Å². The first-order valence-electron chi connectivity index (χ1n) is 8.41. The number of methoxy groups -OCH3 is 1.